The van der Waals surface area contributed by atoms with Crippen molar-refractivity contribution in [3.8, 4) is 0 Å². The van der Waals surface area contributed by atoms with E-state index in [1.165, 1.54) is 0 Å². The second-order valence-electron chi connectivity index (χ2n) is 10.6. The summed E-state index contributed by atoms with van der Waals surface area (Å²) in [6.07, 6.45) is 0.969. The number of ketones is 1. The average molecular weight is 486 g/mol. The molecule has 0 aliphatic carbocycles. The molecule has 1 aromatic carbocycles. The van der Waals surface area contributed by atoms with Crippen LogP contribution < -0.4 is 16.0 Å². The lowest BCUT2D eigenvalue weighted by atomic mass is 10.0. The van der Waals surface area contributed by atoms with Gasteiger partial charge in [0.05, 0.1) is 18.6 Å². The van der Waals surface area contributed by atoms with Crippen LogP contribution in [0.1, 0.15) is 50.9 Å². The van der Waals surface area contributed by atoms with Crippen LogP contribution in [-0.2, 0) is 14.4 Å². The average Bonchev–Trinajstić information content (AvgIpc) is 3.38. The number of rotatable bonds is 8. The first kappa shape index (κ1) is 26.7. The van der Waals surface area contributed by atoms with E-state index in [2.05, 4.69) is 5.32 Å². The molecule has 0 saturated carbocycles. The van der Waals surface area contributed by atoms with Crippen molar-refractivity contribution in [3.05, 3.63) is 29.8 Å². The van der Waals surface area contributed by atoms with Crippen LogP contribution in [-0.4, -0.2) is 84.7 Å². The SMILES string of the molecule is CC(C)C[C@H](NC(=O)c1ccc(N(C)C)cc1)C(=O)N1CCC2C1C(=O)CN2C(=O)[C@@H](N)C(C)C. The summed E-state index contributed by atoms with van der Waals surface area (Å²) in [7, 11) is 3.84. The number of nitrogens with zero attached hydrogens (tertiary/aromatic N) is 3. The monoisotopic (exact) mass is 485 g/mol. The van der Waals surface area contributed by atoms with Gasteiger partial charge in [-0.1, -0.05) is 27.7 Å². The predicted molar refractivity (Wildman–Crippen MR) is 135 cm³/mol. The molecule has 0 aromatic heterocycles. The van der Waals surface area contributed by atoms with Crippen LogP contribution in [0, 0.1) is 11.8 Å². The van der Waals surface area contributed by atoms with Gasteiger partial charge >= 0.3 is 0 Å². The minimum absolute atomic E-state index is 0.0300. The van der Waals surface area contributed by atoms with E-state index in [4.69, 9.17) is 5.73 Å². The number of carbonyl (C=O) groups excluding carboxylic acids is 4. The van der Waals surface area contributed by atoms with Gasteiger partial charge in [-0.05, 0) is 48.9 Å². The third-order valence-corrected chi connectivity index (χ3v) is 6.95. The molecule has 192 valence electrons. The fourth-order valence-electron chi connectivity index (χ4n) is 4.88. The maximum absolute atomic E-state index is 13.6. The van der Waals surface area contributed by atoms with Crippen molar-refractivity contribution in [1.29, 1.82) is 0 Å². The molecule has 0 spiro atoms. The van der Waals surface area contributed by atoms with Crippen LogP contribution >= 0.6 is 0 Å². The summed E-state index contributed by atoms with van der Waals surface area (Å²) in [6.45, 7) is 8.05. The van der Waals surface area contributed by atoms with Gasteiger partial charge in [0.2, 0.25) is 11.8 Å². The Kier molecular flexibility index (Phi) is 8.20. The van der Waals surface area contributed by atoms with Crippen molar-refractivity contribution in [1.82, 2.24) is 15.1 Å². The van der Waals surface area contributed by atoms with Gasteiger partial charge in [0.15, 0.2) is 5.78 Å². The Bertz CT molecular complexity index is 959. The number of anilines is 1. The first-order chi connectivity index (χ1) is 16.4. The third kappa shape index (κ3) is 5.66. The Balaban J connectivity index is 1.76. The van der Waals surface area contributed by atoms with Crippen molar-refractivity contribution in [2.24, 2.45) is 17.6 Å². The van der Waals surface area contributed by atoms with Crippen LogP contribution in [0.3, 0.4) is 0 Å². The number of carbonyl (C=O) groups is 4. The van der Waals surface area contributed by atoms with Crippen LogP contribution in [0.2, 0.25) is 0 Å². The maximum atomic E-state index is 13.6. The van der Waals surface area contributed by atoms with E-state index in [0.717, 1.165) is 5.69 Å². The van der Waals surface area contributed by atoms with E-state index >= 15 is 0 Å². The van der Waals surface area contributed by atoms with Gasteiger partial charge in [0, 0.05) is 31.9 Å². The summed E-state index contributed by atoms with van der Waals surface area (Å²) >= 11 is 0. The molecular formula is C26H39N5O4. The maximum Gasteiger partial charge on any atom is 0.251 e. The smallest absolute Gasteiger partial charge is 0.251 e. The topological polar surface area (TPSA) is 116 Å². The third-order valence-electron chi connectivity index (χ3n) is 6.95. The molecule has 3 amide bonds. The van der Waals surface area contributed by atoms with Crippen LogP contribution in [0.25, 0.3) is 0 Å². The Morgan fingerprint density at radius 2 is 1.69 bits per heavy atom. The Hall–Kier alpha value is -2.94. The molecule has 0 radical (unpaired) electrons. The van der Waals surface area contributed by atoms with Gasteiger partial charge < -0.3 is 25.8 Å². The minimum Gasteiger partial charge on any atom is -0.378 e. The fourth-order valence-corrected chi connectivity index (χ4v) is 4.88. The van der Waals surface area contributed by atoms with Crippen LogP contribution in [0.4, 0.5) is 5.69 Å². The van der Waals surface area contributed by atoms with Crippen LogP contribution in [0.15, 0.2) is 24.3 Å². The molecule has 2 heterocycles. The highest BCUT2D eigenvalue weighted by molar-refractivity contribution is 6.01. The van der Waals surface area contributed by atoms with Gasteiger partial charge in [-0.15, -0.1) is 0 Å². The zero-order valence-corrected chi connectivity index (χ0v) is 21.7. The molecular weight excluding hydrogens is 446 g/mol. The lowest BCUT2D eigenvalue weighted by Crippen LogP contribution is -2.53. The van der Waals surface area contributed by atoms with E-state index in [-0.39, 0.29) is 47.9 Å². The summed E-state index contributed by atoms with van der Waals surface area (Å²) in [6, 6.07) is 4.68. The quantitative estimate of drug-likeness (QED) is 0.573. The van der Waals surface area contributed by atoms with E-state index in [0.29, 0.717) is 24.9 Å². The van der Waals surface area contributed by atoms with E-state index < -0.39 is 18.1 Å². The number of Topliss-reactive ketones (excluding diaryl/α,β-unsaturated/α-hetero) is 1. The van der Waals surface area contributed by atoms with Gasteiger partial charge in [-0.25, -0.2) is 0 Å². The molecule has 9 heteroatoms. The molecule has 2 aliphatic heterocycles. The molecule has 4 atom stereocenters. The summed E-state index contributed by atoms with van der Waals surface area (Å²) < 4.78 is 0. The molecule has 1 aromatic rings. The lowest BCUT2D eigenvalue weighted by Gasteiger charge is -2.29. The molecule has 2 saturated heterocycles. The summed E-state index contributed by atoms with van der Waals surface area (Å²) in [5, 5.41) is 2.90. The number of amides is 3. The van der Waals surface area contributed by atoms with Gasteiger partial charge in [-0.3, -0.25) is 19.2 Å². The Morgan fingerprint density at radius 3 is 2.23 bits per heavy atom. The zero-order chi connectivity index (χ0) is 26.0. The second kappa shape index (κ2) is 10.8. The summed E-state index contributed by atoms with van der Waals surface area (Å²) in [5.74, 6) is -0.904. The molecule has 9 nitrogen and oxygen atoms in total. The van der Waals surface area contributed by atoms with Gasteiger partial charge in [0.1, 0.15) is 12.1 Å². The molecule has 2 aliphatic rings. The standard InChI is InChI=1S/C26H39N5O4/c1-15(2)13-19(28-24(33)17-7-9-18(10-8-17)29(5)6)25(34)30-12-11-20-23(30)21(32)14-31(20)26(35)22(27)16(3)4/h7-10,15-16,19-20,22-23H,11-14,27H2,1-6H3,(H,28,33)/t19-,20?,22-,23?/m0/s1. The second-order valence-corrected chi connectivity index (χ2v) is 10.6. The number of likely N-dealkylation sites (tertiary alicyclic amines) is 2. The highest BCUT2D eigenvalue weighted by atomic mass is 16.2. The lowest BCUT2D eigenvalue weighted by molar-refractivity contribution is -0.138. The van der Waals surface area contributed by atoms with Crippen molar-refractivity contribution >= 4 is 29.2 Å². The summed E-state index contributed by atoms with van der Waals surface area (Å²) in [4.78, 5) is 57.5. The zero-order valence-electron chi connectivity index (χ0n) is 21.7. The molecule has 3 rings (SSSR count). The van der Waals surface area contributed by atoms with Gasteiger partial charge in [-0.2, -0.15) is 0 Å². The number of nitrogens with two attached hydrogens (primary N) is 1. The predicted octanol–water partition coefficient (Wildman–Crippen LogP) is 1.26. The molecule has 35 heavy (non-hydrogen) atoms. The molecule has 2 unspecified atom stereocenters. The Labute approximate surface area is 208 Å². The highest BCUT2D eigenvalue weighted by Gasteiger charge is 2.52. The fraction of sp³-hybridized carbons (Fsp3) is 0.615. The number of hydrogen-bond acceptors (Lipinski definition) is 6. The number of nitrogens with one attached hydrogen (secondary N) is 1. The number of hydrogen-bond donors (Lipinski definition) is 2. The molecule has 2 fully saturated rings. The van der Waals surface area contributed by atoms with Crippen molar-refractivity contribution in [3.63, 3.8) is 0 Å². The Morgan fingerprint density at radius 1 is 1.06 bits per heavy atom. The largest absolute Gasteiger partial charge is 0.378 e. The van der Waals surface area contributed by atoms with Crippen molar-refractivity contribution < 1.29 is 19.2 Å². The van der Waals surface area contributed by atoms with Crippen molar-refractivity contribution in [2.75, 3.05) is 32.1 Å². The number of fused-ring (bicyclic) bond motifs is 1. The van der Waals surface area contributed by atoms with Crippen LogP contribution in [0.5, 0.6) is 0 Å². The minimum atomic E-state index is -0.759. The normalized spacial score (nSPS) is 21.3. The molecule has 0 bridgehead atoms. The number of benzene rings is 1. The first-order valence-electron chi connectivity index (χ1n) is 12.4. The van der Waals surface area contributed by atoms with Gasteiger partial charge in [0.25, 0.3) is 5.91 Å². The molecule has 3 N–H and O–H groups in total. The highest BCUT2D eigenvalue weighted by Crippen LogP contribution is 2.31. The summed E-state index contributed by atoms with van der Waals surface area (Å²) in [5.41, 5.74) is 7.50. The van der Waals surface area contributed by atoms with E-state index in [9.17, 15) is 19.2 Å². The van der Waals surface area contributed by atoms with Crippen molar-refractivity contribution in [2.45, 2.75) is 64.7 Å². The van der Waals surface area contributed by atoms with E-state index in [1.807, 2.05) is 58.8 Å². The first-order valence-corrected chi connectivity index (χ1v) is 12.4. The van der Waals surface area contributed by atoms with E-state index in [1.54, 1.807) is 21.9 Å².